The highest BCUT2D eigenvalue weighted by molar-refractivity contribution is 6.62. The highest BCUT2D eigenvalue weighted by Crippen LogP contribution is 2.36. The molecule has 110 valence electrons. The van der Waals surface area contributed by atoms with Gasteiger partial charge in [-0.3, -0.25) is 4.98 Å². The molecule has 6 heteroatoms. The monoisotopic (exact) mass is 279 g/mol. The fraction of sp³-hybridized carbons (Fsp3) is 0.643. The number of hydrogen-bond donors (Lipinski definition) is 1. The maximum Gasteiger partial charge on any atom is 0.496 e. The molecule has 0 spiro atoms. The number of nitrogens with zero attached hydrogens (tertiary/aromatic N) is 1. The van der Waals surface area contributed by atoms with Gasteiger partial charge in [-0.05, 0) is 33.8 Å². The molecule has 1 aliphatic heterocycles. The minimum Gasteiger partial charge on any atom is -0.399 e. The first-order valence-electron chi connectivity index (χ1n) is 6.75. The molecule has 2 heterocycles. The molecular weight excluding hydrogens is 257 g/mol. The molecule has 0 aromatic carbocycles. The van der Waals surface area contributed by atoms with Gasteiger partial charge in [0.25, 0.3) is 0 Å². The van der Waals surface area contributed by atoms with Crippen LogP contribution in [0.1, 0.15) is 39.5 Å². The molecule has 0 amide bonds. The van der Waals surface area contributed by atoms with Gasteiger partial charge in [-0.25, -0.2) is 0 Å². The summed E-state index contributed by atoms with van der Waals surface area (Å²) in [5.74, 6) is 0. The maximum absolute atomic E-state index is 9.79. The molecule has 0 radical (unpaired) electrons. The third-order valence-corrected chi connectivity index (χ3v) is 4.00. The van der Waals surface area contributed by atoms with E-state index in [1.807, 2.05) is 33.8 Å². The molecule has 0 saturated carbocycles. The fourth-order valence-corrected chi connectivity index (χ4v) is 1.98. The van der Waals surface area contributed by atoms with Gasteiger partial charge in [0.15, 0.2) is 0 Å². The van der Waals surface area contributed by atoms with Crippen molar-refractivity contribution in [2.45, 2.75) is 45.0 Å². The van der Waals surface area contributed by atoms with Gasteiger partial charge < -0.3 is 19.2 Å². The van der Waals surface area contributed by atoms with Crippen molar-refractivity contribution in [2.24, 2.45) is 0 Å². The lowest BCUT2D eigenvalue weighted by atomic mass is 9.80. The Labute approximate surface area is 120 Å². The average molecular weight is 279 g/mol. The van der Waals surface area contributed by atoms with Gasteiger partial charge in [0.05, 0.1) is 23.5 Å². The first-order valence-corrected chi connectivity index (χ1v) is 6.75. The summed E-state index contributed by atoms with van der Waals surface area (Å²) in [5, 5.41) is 9.79. The van der Waals surface area contributed by atoms with E-state index >= 15 is 0 Å². The van der Waals surface area contributed by atoms with Crippen LogP contribution in [0.15, 0.2) is 18.3 Å². The van der Waals surface area contributed by atoms with Crippen LogP contribution in [0.4, 0.5) is 0 Å². The van der Waals surface area contributed by atoms with E-state index in [1.165, 1.54) is 0 Å². The molecule has 20 heavy (non-hydrogen) atoms. The Morgan fingerprint density at radius 3 is 2.30 bits per heavy atom. The van der Waals surface area contributed by atoms with Crippen LogP contribution in [0.2, 0.25) is 0 Å². The van der Waals surface area contributed by atoms with Crippen molar-refractivity contribution in [1.82, 2.24) is 4.98 Å². The lowest BCUT2D eigenvalue weighted by Crippen LogP contribution is -2.41. The molecule has 1 atom stereocenters. The highest BCUT2D eigenvalue weighted by Gasteiger charge is 2.51. The molecule has 0 aliphatic carbocycles. The Balaban J connectivity index is 2.12. The summed E-state index contributed by atoms with van der Waals surface area (Å²) < 4.78 is 16.8. The number of rotatable bonds is 4. The first kappa shape index (κ1) is 15.4. The topological polar surface area (TPSA) is 60.8 Å². The number of aliphatic hydroxyl groups excluding tert-OH is 1. The fourth-order valence-electron chi connectivity index (χ4n) is 1.98. The zero-order chi connectivity index (χ0) is 15.0. The molecule has 0 bridgehead atoms. The van der Waals surface area contributed by atoms with Crippen LogP contribution in [-0.4, -0.2) is 42.1 Å². The average Bonchev–Trinajstić information content (AvgIpc) is 2.59. The number of aromatic nitrogens is 1. The normalized spacial score (nSPS) is 22.0. The summed E-state index contributed by atoms with van der Waals surface area (Å²) in [6.07, 6.45) is 0.962. The summed E-state index contributed by atoms with van der Waals surface area (Å²) in [6, 6.07) is 3.63. The van der Waals surface area contributed by atoms with Crippen molar-refractivity contribution in [2.75, 3.05) is 13.7 Å². The molecule has 1 fully saturated rings. The molecule has 1 saturated heterocycles. The van der Waals surface area contributed by atoms with Crippen LogP contribution < -0.4 is 5.46 Å². The van der Waals surface area contributed by atoms with E-state index in [0.717, 1.165) is 5.46 Å². The van der Waals surface area contributed by atoms with Gasteiger partial charge in [0.1, 0.15) is 6.10 Å². The molecule has 1 N–H and O–H groups in total. The number of hydrogen-bond acceptors (Lipinski definition) is 5. The summed E-state index contributed by atoms with van der Waals surface area (Å²) in [5.41, 5.74) is 0.682. The van der Waals surface area contributed by atoms with Gasteiger partial charge in [-0.15, -0.1) is 0 Å². The second kappa shape index (κ2) is 5.45. The lowest BCUT2D eigenvalue weighted by molar-refractivity contribution is 0.00578. The number of aliphatic hydroxyl groups is 1. The third-order valence-electron chi connectivity index (χ3n) is 4.00. The van der Waals surface area contributed by atoms with Crippen molar-refractivity contribution in [3.63, 3.8) is 0 Å². The standard InChI is InChI=1S/C14H22BNO4/c1-13(2)14(3,4)20-15(19-13)10-6-7-11(16-8-10)12(17)9-18-5/h6-8,12,17H,9H2,1-5H3. The highest BCUT2D eigenvalue weighted by atomic mass is 16.7. The van der Waals surface area contributed by atoms with E-state index < -0.39 is 13.2 Å². The maximum atomic E-state index is 9.79. The predicted molar refractivity (Wildman–Crippen MR) is 76.8 cm³/mol. The van der Waals surface area contributed by atoms with Crippen LogP contribution in [0, 0.1) is 0 Å². The van der Waals surface area contributed by atoms with Gasteiger partial charge in [0.2, 0.25) is 0 Å². The van der Waals surface area contributed by atoms with Gasteiger partial charge in [0, 0.05) is 18.8 Å². The van der Waals surface area contributed by atoms with Crippen molar-refractivity contribution in [3.8, 4) is 0 Å². The smallest absolute Gasteiger partial charge is 0.399 e. The number of pyridine rings is 1. The number of methoxy groups -OCH3 is 1. The minimum atomic E-state index is -0.715. The van der Waals surface area contributed by atoms with Crippen molar-refractivity contribution in [3.05, 3.63) is 24.0 Å². The Hall–Kier alpha value is -0.945. The van der Waals surface area contributed by atoms with E-state index in [4.69, 9.17) is 14.0 Å². The van der Waals surface area contributed by atoms with E-state index in [1.54, 1.807) is 19.4 Å². The minimum absolute atomic E-state index is 0.225. The molecule has 1 aromatic rings. The third kappa shape index (κ3) is 2.88. The molecule has 1 aromatic heterocycles. The first-order chi connectivity index (χ1) is 9.27. The van der Waals surface area contributed by atoms with E-state index in [-0.39, 0.29) is 17.8 Å². The molecule has 5 nitrogen and oxygen atoms in total. The van der Waals surface area contributed by atoms with Gasteiger partial charge >= 0.3 is 7.12 Å². The largest absolute Gasteiger partial charge is 0.496 e. The molecule has 2 rings (SSSR count). The summed E-state index contributed by atoms with van der Waals surface area (Å²) in [6.45, 7) is 8.27. The lowest BCUT2D eigenvalue weighted by Gasteiger charge is -2.32. The van der Waals surface area contributed by atoms with E-state index in [2.05, 4.69) is 4.98 Å². The quantitative estimate of drug-likeness (QED) is 0.835. The van der Waals surface area contributed by atoms with Crippen molar-refractivity contribution in [1.29, 1.82) is 0 Å². The van der Waals surface area contributed by atoms with Crippen LogP contribution >= 0.6 is 0 Å². The Kier molecular flexibility index (Phi) is 4.20. The zero-order valence-corrected chi connectivity index (χ0v) is 12.7. The van der Waals surface area contributed by atoms with Crippen LogP contribution in [-0.2, 0) is 14.0 Å². The Bertz CT molecular complexity index is 445. The van der Waals surface area contributed by atoms with Gasteiger partial charge in [-0.1, -0.05) is 6.07 Å². The van der Waals surface area contributed by atoms with Crippen LogP contribution in [0.5, 0.6) is 0 Å². The SMILES string of the molecule is COCC(O)c1ccc(B2OC(C)(C)C(C)(C)O2)cn1. The number of ether oxygens (including phenoxy) is 1. The van der Waals surface area contributed by atoms with E-state index in [9.17, 15) is 5.11 Å². The molecule has 1 unspecified atom stereocenters. The Morgan fingerprint density at radius 1 is 1.25 bits per heavy atom. The molecule has 1 aliphatic rings. The van der Waals surface area contributed by atoms with E-state index in [0.29, 0.717) is 5.69 Å². The second-order valence-electron chi connectivity index (χ2n) is 6.08. The van der Waals surface area contributed by atoms with Crippen molar-refractivity contribution < 1.29 is 19.2 Å². The van der Waals surface area contributed by atoms with Crippen molar-refractivity contribution >= 4 is 12.6 Å². The van der Waals surface area contributed by atoms with Crippen LogP contribution in [0.3, 0.4) is 0 Å². The molecular formula is C14H22BNO4. The zero-order valence-electron chi connectivity index (χ0n) is 12.7. The van der Waals surface area contributed by atoms with Gasteiger partial charge in [-0.2, -0.15) is 0 Å². The predicted octanol–water partition coefficient (Wildman–Crippen LogP) is 1.06. The second-order valence-corrected chi connectivity index (χ2v) is 6.08. The Morgan fingerprint density at radius 2 is 1.85 bits per heavy atom. The summed E-state index contributed by atoms with van der Waals surface area (Å²) in [4.78, 5) is 4.25. The van der Waals surface area contributed by atoms with Crippen LogP contribution in [0.25, 0.3) is 0 Å². The summed E-state index contributed by atoms with van der Waals surface area (Å²) >= 11 is 0. The summed E-state index contributed by atoms with van der Waals surface area (Å²) in [7, 11) is 1.11.